The number of rotatable bonds is 6. The summed E-state index contributed by atoms with van der Waals surface area (Å²) in [6.45, 7) is 8.70. The van der Waals surface area contributed by atoms with Gasteiger partial charge in [-0.15, -0.1) is 0 Å². The van der Waals surface area contributed by atoms with Crippen LogP contribution >= 0.6 is 0 Å². The number of nitrogens with zero attached hydrogens (tertiary/aromatic N) is 4. The van der Waals surface area contributed by atoms with E-state index in [1.54, 1.807) is 16.7 Å². The molecule has 166 valence electrons. The van der Waals surface area contributed by atoms with Crippen molar-refractivity contribution in [2.24, 2.45) is 5.92 Å². The summed E-state index contributed by atoms with van der Waals surface area (Å²) in [6.07, 6.45) is 1.54. The fourth-order valence-corrected chi connectivity index (χ4v) is 3.90. The van der Waals surface area contributed by atoms with Crippen LogP contribution in [0.25, 0.3) is 16.9 Å². The molecule has 0 amide bonds. The standard InChI is InChI=1S/C25H27FN4O2/c1-16(2)13-29-24(31)22-23(27-15-28(22)14-18-6-5-7-20(26)12-18)30(25(29)32)21-10-8-19(9-11-21)17(3)4/h5-12,15-17H,13-14H2,1-4H3. The molecular formula is C25H27FN4O2. The summed E-state index contributed by atoms with van der Waals surface area (Å²) in [5.41, 5.74) is 2.34. The van der Waals surface area contributed by atoms with Crippen LogP contribution in [0.3, 0.4) is 0 Å². The zero-order chi connectivity index (χ0) is 23.0. The minimum absolute atomic E-state index is 0.106. The van der Waals surface area contributed by atoms with Crippen molar-refractivity contribution in [3.63, 3.8) is 0 Å². The summed E-state index contributed by atoms with van der Waals surface area (Å²) in [5.74, 6) is 0.127. The first-order valence-corrected chi connectivity index (χ1v) is 10.8. The number of aromatic nitrogens is 4. The Kier molecular flexibility index (Phi) is 5.82. The first kappa shape index (κ1) is 21.7. The second kappa shape index (κ2) is 8.57. The highest BCUT2D eigenvalue weighted by Gasteiger charge is 2.20. The zero-order valence-electron chi connectivity index (χ0n) is 18.7. The van der Waals surface area contributed by atoms with Crippen LogP contribution < -0.4 is 11.2 Å². The molecule has 4 rings (SSSR count). The Bertz CT molecular complexity index is 1380. The molecule has 0 bridgehead atoms. The van der Waals surface area contributed by atoms with Gasteiger partial charge >= 0.3 is 5.69 Å². The maximum Gasteiger partial charge on any atom is 0.337 e. The molecule has 0 atom stereocenters. The van der Waals surface area contributed by atoms with Crippen molar-refractivity contribution in [1.82, 2.24) is 18.7 Å². The van der Waals surface area contributed by atoms with E-state index in [-0.39, 0.29) is 23.8 Å². The normalized spacial score (nSPS) is 11.7. The Balaban J connectivity index is 1.96. The Morgan fingerprint density at radius 2 is 1.72 bits per heavy atom. The van der Waals surface area contributed by atoms with Gasteiger partial charge in [-0.1, -0.05) is 52.0 Å². The Morgan fingerprint density at radius 1 is 1.00 bits per heavy atom. The Hall–Kier alpha value is -3.48. The van der Waals surface area contributed by atoms with Gasteiger partial charge in [-0.25, -0.2) is 18.7 Å². The number of hydrogen-bond donors (Lipinski definition) is 0. The van der Waals surface area contributed by atoms with Gasteiger partial charge in [-0.05, 0) is 47.2 Å². The number of benzene rings is 2. The highest BCUT2D eigenvalue weighted by molar-refractivity contribution is 5.72. The van der Waals surface area contributed by atoms with Crippen molar-refractivity contribution >= 4 is 11.2 Å². The van der Waals surface area contributed by atoms with Gasteiger partial charge in [0, 0.05) is 13.1 Å². The van der Waals surface area contributed by atoms with Crippen molar-refractivity contribution < 1.29 is 4.39 Å². The molecule has 0 radical (unpaired) electrons. The average Bonchev–Trinajstić information content (AvgIpc) is 3.14. The zero-order valence-corrected chi connectivity index (χ0v) is 18.7. The van der Waals surface area contributed by atoms with E-state index in [0.717, 1.165) is 5.56 Å². The van der Waals surface area contributed by atoms with Crippen LogP contribution in [-0.2, 0) is 13.1 Å². The van der Waals surface area contributed by atoms with E-state index < -0.39 is 5.69 Å². The predicted molar refractivity (Wildman–Crippen MR) is 124 cm³/mol. The van der Waals surface area contributed by atoms with Gasteiger partial charge in [-0.2, -0.15) is 0 Å². The molecule has 32 heavy (non-hydrogen) atoms. The maximum atomic E-state index is 13.7. The van der Waals surface area contributed by atoms with Gasteiger partial charge in [0.05, 0.1) is 12.0 Å². The summed E-state index contributed by atoms with van der Waals surface area (Å²) in [5, 5.41) is 0. The van der Waals surface area contributed by atoms with Crippen LogP contribution in [-0.4, -0.2) is 18.7 Å². The van der Waals surface area contributed by atoms with E-state index in [1.165, 1.54) is 27.6 Å². The molecule has 0 aliphatic heterocycles. The van der Waals surface area contributed by atoms with Crippen molar-refractivity contribution in [2.75, 3.05) is 0 Å². The van der Waals surface area contributed by atoms with Crippen molar-refractivity contribution in [3.8, 4) is 5.69 Å². The van der Waals surface area contributed by atoms with E-state index in [4.69, 9.17) is 0 Å². The van der Waals surface area contributed by atoms with E-state index in [2.05, 4.69) is 18.8 Å². The molecule has 7 heteroatoms. The second-order valence-electron chi connectivity index (χ2n) is 8.85. The third-order valence-corrected chi connectivity index (χ3v) is 5.51. The molecule has 2 heterocycles. The van der Waals surface area contributed by atoms with Crippen LogP contribution in [0.4, 0.5) is 4.39 Å². The molecule has 0 N–H and O–H groups in total. The van der Waals surface area contributed by atoms with Crippen LogP contribution in [0.15, 0.2) is 64.4 Å². The average molecular weight is 435 g/mol. The molecule has 0 unspecified atom stereocenters. The van der Waals surface area contributed by atoms with E-state index in [1.807, 2.05) is 38.1 Å². The van der Waals surface area contributed by atoms with Crippen LogP contribution in [0.2, 0.25) is 0 Å². The Morgan fingerprint density at radius 3 is 2.34 bits per heavy atom. The fourth-order valence-electron chi connectivity index (χ4n) is 3.90. The molecular weight excluding hydrogens is 407 g/mol. The molecule has 0 aliphatic carbocycles. The highest BCUT2D eigenvalue weighted by atomic mass is 19.1. The second-order valence-corrected chi connectivity index (χ2v) is 8.85. The molecule has 0 saturated carbocycles. The van der Waals surface area contributed by atoms with Gasteiger partial charge in [0.25, 0.3) is 5.56 Å². The number of hydrogen-bond acceptors (Lipinski definition) is 3. The first-order chi connectivity index (χ1) is 15.3. The third-order valence-electron chi connectivity index (χ3n) is 5.51. The monoisotopic (exact) mass is 434 g/mol. The highest BCUT2D eigenvalue weighted by Crippen LogP contribution is 2.19. The summed E-state index contributed by atoms with van der Waals surface area (Å²) in [6, 6.07) is 14.0. The topological polar surface area (TPSA) is 61.8 Å². The van der Waals surface area contributed by atoms with Crippen molar-refractivity contribution in [1.29, 1.82) is 0 Å². The quantitative estimate of drug-likeness (QED) is 0.454. The van der Waals surface area contributed by atoms with E-state index in [9.17, 15) is 14.0 Å². The molecule has 2 aromatic carbocycles. The van der Waals surface area contributed by atoms with E-state index >= 15 is 0 Å². The molecule has 0 spiro atoms. The lowest BCUT2D eigenvalue weighted by Crippen LogP contribution is -2.41. The maximum absolute atomic E-state index is 13.7. The molecule has 2 aromatic heterocycles. The summed E-state index contributed by atoms with van der Waals surface area (Å²) >= 11 is 0. The number of fused-ring (bicyclic) bond motifs is 1. The van der Waals surface area contributed by atoms with Crippen LogP contribution in [0, 0.1) is 11.7 Å². The third kappa shape index (κ3) is 4.02. The van der Waals surface area contributed by atoms with Gasteiger partial charge in [0.15, 0.2) is 11.2 Å². The largest absolute Gasteiger partial charge is 0.337 e. The first-order valence-electron chi connectivity index (χ1n) is 10.8. The predicted octanol–water partition coefficient (Wildman–Crippen LogP) is 4.32. The molecule has 4 aromatic rings. The lowest BCUT2D eigenvalue weighted by atomic mass is 10.0. The summed E-state index contributed by atoms with van der Waals surface area (Å²) < 4.78 is 18.1. The smallest absolute Gasteiger partial charge is 0.320 e. The number of halogens is 1. The van der Waals surface area contributed by atoms with Gasteiger partial charge in [0.2, 0.25) is 0 Å². The minimum Gasteiger partial charge on any atom is -0.320 e. The summed E-state index contributed by atoms with van der Waals surface area (Å²) in [7, 11) is 0. The number of imidazole rings is 1. The minimum atomic E-state index is -0.412. The Labute approximate surface area is 185 Å². The lowest BCUT2D eigenvalue weighted by Gasteiger charge is -2.15. The van der Waals surface area contributed by atoms with Crippen LogP contribution in [0.1, 0.15) is 44.7 Å². The van der Waals surface area contributed by atoms with Gasteiger partial charge in [0.1, 0.15) is 5.82 Å². The van der Waals surface area contributed by atoms with Gasteiger partial charge in [-0.3, -0.25) is 9.36 Å². The molecule has 0 saturated heterocycles. The lowest BCUT2D eigenvalue weighted by molar-refractivity contribution is 0.489. The van der Waals surface area contributed by atoms with E-state index in [0.29, 0.717) is 34.9 Å². The van der Waals surface area contributed by atoms with Gasteiger partial charge < -0.3 is 4.57 Å². The molecule has 0 fully saturated rings. The van der Waals surface area contributed by atoms with Crippen LogP contribution in [0.5, 0.6) is 0 Å². The molecule has 0 aliphatic rings. The van der Waals surface area contributed by atoms with Crippen molar-refractivity contribution in [3.05, 3.63) is 92.6 Å². The summed E-state index contributed by atoms with van der Waals surface area (Å²) in [4.78, 5) is 31.2. The SMILES string of the molecule is CC(C)Cn1c(=O)c2c(ncn2Cc2cccc(F)c2)n(-c2ccc(C(C)C)cc2)c1=O. The molecule has 6 nitrogen and oxygen atoms in total. The van der Waals surface area contributed by atoms with Crippen molar-refractivity contribution in [2.45, 2.75) is 46.7 Å². The fraction of sp³-hybridized carbons (Fsp3) is 0.320.